The number of nitrogens with zero attached hydrogens (tertiary/aromatic N) is 2. The lowest BCUT2D eigenvalue weighted by Gasteiger charge is -2.24. The molecule has 5 heteroatoms. The Morgan fingerprint density at radius 2 is 1.76 bits per heavy atom. The molecule has 0 saturated heterocycles. The smallest absolute Gasteiger partial charge is 0.204 e. The maximum Gasteiger partial charge on any atom is 0.204 e. The molecule has 0 bridgehead atoms. The molecule has 3 rings (SSSR count). The van der Waals surface area contributed by atoms with Crippen LogP contribution in [-0.2, 0) is 5.66 Å². The number of rotatable bonds is 2. The first kappa shape index (κ1) is 13.9. The van der Waals surface area contributed by atoms with Crippen molar-refractivity contribution in [3.8, 4) is 0 Å². The highest BCUT2D eigenvalue weighted by atomic mass is 79.9. The van der Waals surface area contributed by atoms with Crippen molar-refractivity contribution < 1.29 is 4.39 Å². The van der Waals surface area contributed by atoms with Gasteiger partial charge in [-0.3, -0.25) is 0 Å². The third kappa shape index (κ3) is 2.38. The quantitative estimate of drug-likeness (QED) is 0.887. The van der Waals surface area contributed by atoms with Crippen LogP contribution in [0, 0.1) is 5.82 Å². The number of hydrogen-bond acceptors (Lipinski definition) is 3. The van der Waals surface area contributed by atoms with Crippen LogP contribution in [0.1, 0.15) is 18.1 Å². The van der Waals surface area contributed by atoms with Crippen LogP contribution < -0.4 is 5.73 Å². The topological polar surface area (TPSA) is 50.7 Å². The molecular weight excluding hydrogens is 333 g/mol. The molecule has 0 amide bonds. The van der Waals surface area contributed by atoms with Crippen LogP contribution in [0.25, 0.3) is 0 Å². The maximum absolute atomic E-state index is 13.2. The molecule has 1 atom stereocenters. The molecule has 0 spiro atoms. The summed E-state index contributed by atoms with van der Waals surface area (Å²) < 4.78 is 14.1. The molecule has 0 unspecified atom stereocenters. The summed E-state index contributed by atoms with van der Waals surface area (Å²) in [6.07, 6.45) is 0. The number of nitrogens with two attached hydrogens (primary N) is 1. The van der Waals surface area contributed by atoms with E-state index >= 15 is 0 Å². The van der Waals surface area contributed by atoms with Gasteiger partial charge >= 0.3 is 0 Å². The van der Waals surface area contributed by atoms with Gasteiger partial charge in [0, 0.05) is 15.6 Å². The maximum atomic E-state index is 13.2. The highest BCUT2D eigenvalue weighted by Gasteiger charge is 2.38. The van der Waals surface area contributed by atoms with Gasteiger partial charge in [0.1, 0.15) is 11.7 Å². The molecule has 1 aliphatic rings. The van der Waals surface area contributed by atoms with Gasteiger partial charge < -0.3 is 5.73 Å². The molecule has 3 nitrogen and oxygen atoms in total. The van der Waals surface area contributed by atoms with E-state index in [2.05, 4.69) is 25.9 Å². The average Bonchev–Trinajstić information content (AvgIpc) is 2.76. The summed E-state index contributed by atoms with van der Waals surface area (Å²) in [4.78, 5) is 9.22. The van der Waals surface area contributed by atoms with Crippen molar-refractivity contribution in [1.29, 1.82) is 0 Å². The molecule has 1 heterocycles. The largest absolute Gasteiger partial charge is 0.382 e. The predicted molar refractivity (Wildman–Crippen MR) is 86.1 cm³/mol. The van der Waals surface area contributed by atoms with Crippen LogP contribution in [0.2, 0.25) is 0 Å². The van der Waals surface area contributed by atoms with E-state index < -0.39 is 5.66 Å². The zero-order valence-corrected chi connectivity index (χ0v) is 12.9. The van der Waals surface area contributed by atoms with E-state index in [1.807, 2.05) is 31.2 Å². The van der Waals surface area contributed by atoms with Crippen molar-refractivity contribution in [3.05, 3.63) is 69.9 Å². The molecule has 106 valence electrons. The second-order valence-corrected chi connectivity index (χ2v) is 5.80. The summed E-state index contributed by atoms with van der Waals surface area (Å²) in [7, 11) is 0. The number of benzene rings is 2. The monoisotopic (exact) mass is 345 g/mol. The minimum absolute atomic E-state index is 0.293. The van der Waals surface area contributed by atoms with E-state index in [4.69, 9.17) is 5.73 Å². The molecule has 0 saturated carbocycles. The highest BCUT2D eigenvalue weighted by molar-refractivity contribution is 9.10. The SMILES string of the molecule is CC1=N[C@](c2ccc(F)cc2)(c2cccc(Br)c2)N=C1N. The van der Waals surface area contributed by atoms with Crippen molar-refractivity contribution in [2.75, 3.05) is 0 Å². The zero-order chi connectivity index (χ0) is 15.0. The summed E-state index contributed by atoms with van der Waals surface area (Å²) >= 11 is 3.46. The van der Waals surface area contributed by atoms with Crippen molar-refractivity contribution in [1.82, 2.24) is 0 Å². The van der Waals surface area contributed by atoms with Gasteiger partial charge in [0.25, 0.3) is 0 Å². The minimum Gasteiger partial charge on any atom is -0.382 e. The van der Waals surface area contributed by atoms with Gasteiger partial charge in [-0.2, -0.15) is 0 Å². The molecular formula is C16H13BrFN3. The Balaban J connectivity index is 2.25. The molecule has 1 aliphatic heterocycles. The number of halogens is 2. The van der Waals surface area contributed by atoms with E-state index in [0.29, 0.717) is 11.5 Å². The predicted octanol–water partition coefficient (Wildman–Crippen LogP) is 3.62. The summed E-state index contributed by atoms with van der Waals surface area (Å²) in [6.45, 7) is 1.82. The molecule has 2 aromatic carbocycles. The summed E-state index contributed by atoms with van der Waals surface area (Å²) in [6, 6.07) is 13.9. The average molecular weight is 346 g/mol. The number of amidine groups is 1. The van der Waals surface area contributed by atoms with Crippen molar-refractivity contribution in [2.45, 2.75) is 12.6 Å². The molecule has 2 aromatic rings. The Hall–Kier alpha value is -2.01. The van der Waals surface area contributed by atoms with E-state index in [9.17, 15) is 4.39 Å². The Kier molecular flexibility index (Phi) is 3.37. The summed E-state index contributed by atoms with van der Waals surface area (Å²) in [5.41, 5.74) is 7.33. The Bertz CT molecular complexity index is 732. The van der Waals surface area contributed by atoms with Gasteiger partial charge in [-0.05, 0) is 31.2 Å². The Morgan fingerprint density at radius 1 is 1.05 bits per heavy atom. The normalized spacial score (nSPS) is 21.1. The molecule has 2 N–H and O–H groups in total. The van der Waals surface area contributed by atoms with Crippen LogP contribution in [0.15, 0.2) is 63.0 Å². The lowest BCUT2D eigenvalue weighted by molar-refractivity contribution is 0.580. The van der Waals surface area contributed by atoms with Gasteiger partial charge in [-0.15, -0.1) is 0 Å². The second kappa shape index (κ2) is 5.07. The lowest BCUT2D eigenvalue weighted by Crippen LogP contribution is -2.22. The first-order valence-electron chi connectivity index (χ1n) is 6.45. The fourth-order valence-corrected chi connectivity index (χ4v) is 2.79. The van der Waals surface area contributed by atoms with Crippen LogP contribution in [0.3, 0.4) is 0 Å². The van der Waals surface area contributed by atoms with Crippen molar-refractivity contribution >= 4 is 27.5 Å². The van der Waals surface area contributed by atoms with Crippen LogP contribution in [0.5, 0.6) is 0 Å². The third-order valence-corrected chi connectivity index (χ3v) is 3.95. The Labute approximate surface area is 130 Å². The van der Waals surface area contributed by atoms with Gasteiger partial charge in [0.2, 0.25) is 5.66 Å². The summed E-state index contributed by atoms with van der Waals surface area (Å²) in [5.74, 6) is 0.109. The molecule has 0 aliphatic carbocycles. The molecule has 0 aromatic heterocycles. The first-order valence-corrected chi connectivity index (χ1v) is 7.25. The highest BCUT2D eigenvalue weighted by Crippen LogP contribution is 2.39. The standard InChI is InChI=1S/C16H13BrFN3/c1-10-15(19)21-16(20-10,11-5-7-14(18)8-6-11)12-3-2-4-13(17)9-12/h2-9H,1H3,(H2,19,21)/t16-/m0/s1. The second-order valence-electron chi connectivity index (χ2n) is 4.88. The van der Waals surface area contributed by atoms with Crippen LogP contribution >= 0.6 is 15.9 Å². The van der Waals surface area contributed by atoms with Gasteiger partial charge in [0.15, 0.2) is 0 Å². The van der Waals surface area contributed by atoms with E-state index in [1.54, 1.807) is 12.1 Å². The number of hydrogen-bond donors (Lipinski definition) is 1. The van der Waals surface area contributed by atoms with E-state index in [0.717, 1.165) is 15.6 Å². The zero-order valence-electron chi connectivity index (χ0n) is 11.3. The number of aliphatic imine (C=N–C) groups is 2. The summed E-state index contributed by atoms with van der Waals surface area (Å²) in [5, 5.41) is 0. The van der Waals surface area contributed by atoms with E-state index in [1.165, 1.54) is 12.1 Å². The lowest BCUT2D eigenvalue weighted by atomic mass is 9.92. The van der Waals surface area contributed by atoms with Gasteiger partial charge in [-0.25, -0.2) is 14.4 Å². The molecule has 21 heavy (non-hydrogen) atoms. The van der Waals surface area contributed by atoms with Crippen molar-refractivity contribution in [2.24, 2.45) is 15.7 Å². The fraction of sp³-hybridized carbons (Fsp3) is 0.125. The Morgan fingerprint density at radius 3 is 2.33 bits per heavy atom. The third-order valence-electron chi connectivity index (χ3n) is 3.46. The van der Waals surface area contributed by atoms with Gasteiger partial charge in [-0.1, -0.05) is 40.2 Å². The van der Waals surface area contributed by atoms with Crippen LogP contribution in [-0.4, -0.2) is 11.5 Å². The van der Waals surface area contributed by atoms with Gasteiger partial charge in [0.05, 0.1) is 5.71 Å². The minimum atomic E-state index is -0.939. The fourth-order valence-electron chi connectivity index (χ4n) is 2.39. The molecule has 0 fully saturated rings. The first-order chi connectivity index (χ1) is 10.0. The van der Waals surface area contributed by atoms with E-state index in [-0.39, 0.29) is 5.82 Å². The molecule has 0 radical (unpaired) electrons. The van der Waals surface area contributed by atoms with Crippen molar-refractivity contribution in [3.63, 3.8) is 0 Å². The van der Waals surface area contributed by atoms with Crippen LogP contribution in [0.4, 0.5) is 4.39 Å².